The van der Waals surface area contributed by atoms with Crippen molar-refractivity contribution in [3.05, 3.63) is 0 Å². The summed E-state index contributed by atoms with van der Waals surface area (Å²) < 4.78 is 17.3. The van der Waals surface area contributed by atoms with Gasteiger partial charge < -0.3 is 13.3 Å². The first-order valence-corrected chi connectivity index (χ1v) is 11.7. The third-order valence-corrected chi connectivity index (χ3v) is 5.97. The first-order valence-electron chi connectivity index (χ1n) is 5.75. The van der Waals surface area contributed by atoms with E-state index in [1.807, 2.05) is 13.8 Å². The second kappa shape index (κ2) is 6.80. The van der Waals surface area contributed by atoms with Gasteiger partial charge in [0.2, 0.25) is 0 Å². The fourth-order valence-corrected chi connectivity index (χ4v) is 4.32. The molecular formula is C10H26O3Si2. The summed E-state index contributed by atoms with van der Waals surface area (Å²) in [6.45, 7) is 15.0. The van der Waals surface area contributed by atoms with E-state index in [1.165, 1.54) is 0 Å². The average Bonchev–Trinajstić information content (AvgIpc) is 2.01. The minimum atomic E-state index is -1.95. The molecule has 3 nitrogen and oxygen atoms in total. The standard InChI is InChI=1S/C10H26O3Si2/c1-7-11-15(6,12-8-2)10-9-13-14(3,4)5/h7-10H2,1-6H3. The van der Waals surface area contributed by atoms with Crippen molar-refractivity contribution < 1.29 is 13.3 Å². The SMILES string of the molecule is CCO[Si](C)(CCO[Si](C)(C)C)OCC. The van der Waals surface area contributed by atoms with Gasteiger partial charge >= 0.3 is 8.56 Å². The summed E-state index contributed by atoms with van der Waals surface area (Å²) in [5.41, 5.74) is 0. The number of rotatable bonds is 8. The van der Waals surface area contributed by atoms with Gasteiger partial charge in [0.1, 0.15) is 0 Å². The Morgan fingerprint density at radius 2 is 1.27 bits per heavy atom. The molecular weight excluding hydrogens is 224 g/mol. The molecule has 0 aromatic heterocycles. The first kappa shape index (κ1) is 15.3. The molecule has 0 aliphatic heterocycles. The molecule has 0 saturated carbocycles. The quantitative estimate of drug-likeness (QED) is 0.620. The first-order chi connectivity index (χ1) is 6.83. The summed E-state index contributed by atoms with van der Waals surface area (Å²) in [5, 5.41) is 0. The van der Waals surface area contributed by atoms with Gasteiger partial charge in [-0.1, -0.05) is 0 Å². The molecule has 0 saturated heterocycles. The molecule has 0 bridgehead atoms. The predicted octanol–water partition coefficient (Wildman–Crippen LogP) is 2.98. The van der Waals surface area contributed by atoms with Gasteiger partial charge in [0, 0.05) is 25.9 Å². The topological polar surface area (TPSA) is 27.7 Å². The molecule has 15 heavy (non-hydrogen) atoms. The van der Waals surface area contributed by atoms with E-state index in [4.69, 9.17) is 13.3 Å². The normalized spacial score (nSPS) is 13.2. The zero-order valence-electron chi connectivity index (χ0n) is 11.1. The van der Waals surface area contributed by atoms with Crippen LogP contribution in [0.2, 0.25) is 32.2 Å². The lowest BCUT2D eigenvalue weighted by atomic mass is 10.9. The Bertz CT molecular complexity index is 163. The van der Waals surface area contributed by atoms with Crippen molar-refractivity contribution in [1.29, 1.82) is 0 Å². The van der Waals surface area contributed by atoms with Crippen LogP contribution in [0.1, 0.15) is 13.8 Å². The summed E-state index contributed by atoms with van der Waals surface area (Å²) in [4.78, 5) is 0. The van der Waals surface area contributed by atoms with Crippen LogP contribution in [0.15, 0.2) is 0 Å². The molecule has 5 heteroatoms. The van der Waals surface area contributed by atoms with Gasteiger partial charge in [0.15, 0.2) is 8.32 Å². The van der Waals surface area contributed by atoms with Crippen molar-refractivity contribution in [2.24, 2.45) is 0 Å². The van der Waals surface area contributed by atoms with E-state index in [9.17, 15) is 0 Å². The van der Waals surface area contributed by atoms with E-state index >= 15 is 0 Å². The van der Waals surface area contributed by atoms with Gasteiger partial charge in [-0.2, -0.15) is 0 Å². The molecule has 0 unspecified atom stereocenters. The molecule has 0 fully saturated rings. The largest absolute Gasteiger partial charge is 0.418 e. The maximum absolute atomic E-state index is 5.83. The monoisotopic (exact) mass is 250 g/mol. The fraction of sp³-hybridized carbons (Fsp3) is 1.00. The van der Waals surface area contributed by atoms with Crippen LogP contribution in [0, 0.1) is 0 Å². The van der Waals surface area contributed by atoms with Crippen molar-refractivity contribution in [2.75, 3.05) is 19.8 Å². The van der Waals surface area contributed by atoms with Gasteiger partial charge in [0.05, 0.1) is 0 Å². The maximum atomic E-state index is 5.83. The third kappa shape index (κ3) is 8.16. The van der Waals surface area contributed by atoms with Gasteiger partial charge in [-0.3, -0.25) is 0 Å². The zero-order valence-corrected chi connectivity index (χ0v) is 13.1. The Morgan fingerprint density at radius 3 is 1.60 bits per heavy atom. The Hall–Kier alpha value is 0.314. The van der Waals surface area contributed by atoms with Gasteiger partial charge in [-0.25, -0.2) is 0 Å². The molecule has 0 N–H and O–H groups in total. The number of hydrogen-bond donors (Lipinski definition) is 0. The second-order valence-electron chi connectivity index (χ2n) is 4.71. The molecule has 0 heterocycles. The predicted molar refractivity (Wildman–Crippen MR) is 69.0 cm³/mol. The van der Waals surface area contributed by atoms with Gasteiger partial charge in [-0.05, 0) is 40.0 Å². The third-order valence-electron chi connectivity index (χ3n) is 1.99. The van der Waals surface area contributed by atoms with E-state index in [0.717, 1.165) is 25.9 Å². The summed E-state index contributed by atoms with van der Waals surface area (Å²) in [5.74, 6) is 0. The smallest absolute Gasteiger partial charge is 0.337 e. The highest BCUT2D eigenvalue weighted by molar-refractivity contribution is 6.70. The van der Waals surface area contributed by atoms with Crippen LogP contribution in [0.5, 0.6) is 0 Å². The van der Waals surface area contributed by atoms with E-state index in [1.54, 1.807) is 0 Å². The van der Waals surface area contributed by atoms with E-state index in [-0.39, 0.29) is 0 Å². The molecule has 0 rings (SSSR count). The molecule has 0 atom stereocenters. The van der Waals surface area contributed by atoms with Crippen molar-refractivity contribution in [3.63, 3.8) is 0 Å². The zero-order chi connectivity index (χ0) is 11.9. The summed E-state index contributed by atoms with van der Waals surface area (Å²) >= 11 is 0. The van der Waals surface area contributed by atoms with Crippen LogP contribution < -0.4 is 0 Å². The summed E-state index contributed by atoms with van der Waals surface area (Å²) in [7, 11) is -3.34. The Kier molecular flexibility index (Phi) is 6.94. The van der Waals surface area contributed by atoms with Crippen molar-refractivity contribution in [2.45, 2.75) is 46.1 Å². The van der Waals surface area contributed by atoms with Gasteiger partial charge in [0.25, 0.3) is 0 Å². The minimum Gasteiger partial charge on any atom is -0.418 e. The molecule has 0 aliphatic rings. The van der Waals surface area contributed by atoms with Crippen LogP contribution >= 0.6 is 0 Å². The van der Waals surface area contributed by atoms with E-state index in [2.05, 4.69) is 26.2 Å². The van der Waals surface area contributed by atoms with Gasteiger partial charge in [-0.15, -0.1) is 0 Å². The molecule has 0 aromatic carbocycles. The average molecular weight is 250 g/mol. The van der Waals surface area contributed by atoms with E-state index < -0.39 is 16.9 Å². The lowest BCUT2D eigenvalue weighted by Gasteiger charge is -2.27. The molecule has 0 amide bonds. The highest BCUT2D eigenvalue weighted by Gasteiger charge is 2.31. The molecule has 92 valence electrons. The van der Waals surface area contributed by atoms with Crippen LogP contribution in [0.3, 0.4) is 0 Å². The molecule has 0 aromatic rings. The lowest BCUT2D eigenvalue weighted by Crippen LogP contribution is -2.41. The molecule has 0 aliphatic carbocycles. The van der Waals surface area contributed by atoms with Crippen LogP contribution in [-0.4, -0.2) is 36.7 Å². The molecule has 0 spiro atoms. The molecule has 0 radical (unpaired) electrons. The van der Waals surface area contributed by atoms with Crippen LogP contribution in [0.25, 0.3) is 0 Å². The maximum Gasteiger partial charge on any atom is 0.337 e. The van der Waals surface area contributed by atoms with Crippen molar-refractivity contribution >= 4 is 16.9 Å². The minimum absolute atomic E-state index is 0.732. The van der Waals surface area contributed by atoms with Crippen LogP contribution in [-0.2, 0) is 13.3 Å². The Labute approximate surface area is 96.5 Å². The summed E-state index contributed by atoms with van der Waals surface area (Å²) in [6.07, 6.45) is 0. The second-order valence-corrected chi connectivity index (χ2v) is 12.6. The fourth-order valence-electron chi connectivity index (χ4n) is 1.34. The summed E-state index contributed by atoms with van der Waals surface area (Å²) in [6, 6.07) is 0.930. The number of hydrogen-bond acceptors (Lipinski definition) is 3. The lowest BCUT2D eigenvalue weighted by molar-refractivity contribution is 0.181. The van der Waals surface area contributed by atoms with Crippen molar-refractivity contribution in [1.82, 2.24) is 0 Å². The Morgan fingerprint density at radius 1 is 0.800 bits per heavy atom. The van der Waals surface area contributed by atoms with Crippen molar-refractivity contribution in [3.8, 4) is 0 Å². The highest BCUT2D eigenvalue weighted by Crippen LogP contribution is 2.15. The highest BCUT2D eigenvalue weighted by atomic mass is 28.4. The van der Waals surface area contributed by atoms with E-state index in [0.29, 0.717) is 0 Å². The van der Waals surface area contributed by atoms with Crippen LogP contribution in [0.4, 0.5) is 0 Å². The Balaban J connectivity index is 3.95.